The van der Waals surface area contributed by atoms with Gasteiger partial charge in [0.2, 0.25) is 0 Å². The summed E-state index contributed by atoms with van der Waals surface area (Å²) in [5, 5.41) is 20.3. The summed E-state index contributed by atoms with van der Waals surface area (Å²) in [5.41, 5.74) is 2.88. The fourth-order valence-corrected chi connectivity index (χ4v) is 1.67. The van der Waals surface area contributed by atoms with Crippen molar-refractivity contribution in [3.05, 3.63) is 35.2 Å². The number of aryl methyl sites for hydroxylation is 2. The van der Waals surface area contributed by atoms with Gasteiger partial charge in [0, 0.05) is 0 Å². The molecule has 2 rings (SSSR count). The molecule has 0 unspecified atom stereocenters. The highest BCUT2D eigenvalue weighted by atomic mass is 16.4. The number of benzene rings is 1. The molecule has 0 amide bonds. The minimum atomic E-state index is -0.967. The number of para-hydroxylation sites is 1. The number of carboxylic acids is 1. The summed E-state index contributed by atoms with van der Waals surface area (Å²) < 4.78 is 0. The zero-order valence-corrected chi connectivity index (χ0v) is 9.58. The molecule has 17 heavy (non-hydrogen) atoms. The minimum absolute atomic E-state index is 0.208. The Morgan fingerprint density at radius 2 is 2.00 bits per heavy atom. The van der Waals surface area contributed by atoms with Crippen molar-refractivity contribution in [2.24, 2.45) is 0 Å². The van der Waals surface area contributed by atoms with Crippen LogP contribution in [0, 0.1) is 13.8 Å². The van der Waals surface area contributed by atoms with E-state index in [9.17, 15) is 4.79 Å². The van der Waals surface area contributed by atoms with E-state index in [0.717, 1.165) is 16.8 Å². The molecule has 6 heteroatoms. The van der Waals surface area contributed by atoms with E-state index in [1.165, 1.54) is 4.80 Å². The first-order valence-corrected chi connectivity index (χ1v) is 5.15. The first-order valence-electron chi connectivity index (χ1n) is 5.15. The first kappa shape index (κ1) is 11.3. The van der Waals surface area contributed by atoms with Gasteiger partial charge in [-0.15, -0.1) is 15.0 Å². The molecule has 0 aliphatic carbocycles. The molecule has 1 N–H and O–H groups in total. The van der Waals surface area contributed by atoms with E-state index >= 15 is 0 Å². The molecule has 1 aromatic carbocycles. The second-order valence-corrected chi connectivity index (χ2v) is 3.81. The van der Waals surface area contributed by atoms with Crippen LogP contribution in [0.25, 0.3) is 5.69 Å². The SMILES string of the molecule is Cc1cccc(C)c1-n1nnc(CC(=O)O)n1. The highest BCUT2D eigenvalue weighted by Crippen LogP contribution is 2.16. The third kappa shape index (κ3) is 2.30. The molecule has 0 aliphatic heterocycles. The number of carboxylic acid groups (broad SMARTS) is 1. The van der Waals surface area contributed by atoms with E-state index in [0.29, 0.717) is 0 Å². The van der Waals surface area contributed by atoms with Crippen molar-refractivity contribution in [1.82, 2.24) is 20.2 Å². The lowest BCUT2D eigenvalue weighted by molar-refractivity contribution is -0.136. The zero-order chi connectivity index (χ0) is 12.4. The van der Waals surface area contributed by atoms with Gasteiger partial charge < -0.3 is 5.11 Å². The van der Waals surface area contributed by atoms with Crippen LogP contribution in [0.1, 0.15) is 17.0 Å². The lowest BCUT2D eigenvalue weighted by atomic mass is 10.1. The lowest BCUT2D eigenvalue weighted by Crippen LogP contribution is -2.05. The van der Waals surface area contributed by atoms with Crippen LogP contribution in [-0.2, 0) is 11.2 Å². The predicted octanol–water partition coefficient (Wildman–Crippen LogP) is 0.906. The Kier molecular flexibility index (Phi) is 2.86. The van der Waals surface area contributed by atoms with Crippen molar-refractivity contribution >= 4 is 5.97 Å². The van der Waals surface area contributed by atoms with Crippen LogP contribution in [0.2, 0.25) is 0 Å². The van der Waals surface area contributed by atoms with E-state index < -0.39 is 5.97 Å². The Balaban J connectivity index is 2.40. The average molecular weight is 232 g/mol. The number of tetrazole rings is 1. The third-order valence-electron chi connectivity index (χ3n) is 2.40. The summed E-state index contributed by atoms with van der Waals surface area (Å²) in [6.07, 6.45) is -0.217. The standard InChI is InChI=1S/C11H12N4O2/c1-7-4-3-5-8(2)11(7)15-13-9(12-14-15)6-10(16)17/h3-5H,6H2,1-2H3,(H,16,17). The zero-order valence-electron chi connectivity index (χ0n) is 9.58. The van der Waals surface area contributed by atoms with E-state index in [2.05, 4.69) is 15.4 Å². The summed E-state index contributed by atoms with van der Waals surface area (Å²) in [6, 6.07) is 5.84. The molecule has 0 saturated carbocycles. The molecule has 6 nitrogen and oxygen atoms in total. The molecule has 2 aromatic rings. The smallest absolute Gasteiger partial charge is 0.311 e. The Hall–Kier alpha value is -2.24. The van der Waals surface area contributed by atoms with Crippen molar-refractivity contribution in [2.75, 3.05) is 0 Å². The summed E-state index contributed by atoms with van der Waals surface area (Å²) in [6.45, 7) is 3.89. The normalized spacial score (nSPS) is 10.5. The monoisotopic (exact) mass is 232 g/mol. The van der Waals surface area contributed by atoms with Crippen molar-refractivity contribution in [1.29, 1.82) is 0 Å². The van der Waals surface area contributed by atoms with Crippen LogP contribution in [0.4, 0.5) is 0 Å². The topological polar surface area (TPSA) is 80.9 Å². The number of aliphatic carboxylic acids is 1. The number of carbonyl (C=O) groups is 1. The van der Waals surface area contributed by atoms with E-state index in [4.69, 9.17) is 5.11 Å². The maximum Gasteiger partial charge on any atom is 0.311 e. The molecule has 0 aliphatic rings. The van der Waals surface area contributed by atoms with Crippen molar-refractivity contribution in [2.45, 2.75) is 20.3 Å². The molecule has 88 valence electrons. The fraction of sp³-hybridized carbons (Fsp3) is 0.273. The Morgan fingerprint density at radius 3 is 2.59 bits per heavy atom. The van der Waals surface area contributed by atoms with Gasteiger partial charge in [0.15, 0.2) is 5.82 Å². The summed E-state index contributed by atoms with van der Waals surface area (Å²) in [7, 11) is 0. The Bertz CT molecular complexity index is 542. The largest absolute Gasteiger partial charge is 0.481 e. The minimum Gasteiger partial charge on any atom is -0.481 e. The lowest BCUT2D eigenvalue weighted by Gasteiger charge is -2.06. The third-order valence-corrected chi connectivity index (χ3v) is 2.40. The molecule has 0 atom stereocenters. The fourth-order valence-electron chi connectivity index (χ4n) is 1.67. The van der Waals surface area contributed by atoms with Crippen LogP contribution >= 0.6 is 0 Å². The summed E-state index contributed by atoms with van der Waals surface area (Å²) in [5.74, 6) is -0.758. The highest BCUT2D eigenvalue weighted by Gasteiger charge is 2.11. The van der Waals surface area contributed by atoms with Crippen LogP contribution in [0.3, 0.4) is 0 Å². The van der Waals surface area contributed by atoms with Crippen LogP contribution in [-0.4, -0.2) is 31.3 Å². The van der Waals surface area contributed by atoms with E-state index in [-0.39, 0.29) is 12.2 Å². The van der Waals surface area contributed by atoms with Gasteiger partial charge in [-0.05, 0) is 30.2 Å². The quantitative estimate of drug-likeness (QED) is 0.850. The van der Waals surface area contributed by atoms with Gasteiger partial charge in [-0.1, -0.05) is 18.2 Å². The van der Waals surface area contributed by atoms with E-state index in [1.54, 1.807) is 0 Å². The van der Waals surface area contributed by atoms with Crippen LogP contribution in [0.5, 0.6) is 0 Å². The van der Waals surface area contributed by atoms with Crippen molar-refractivity contribution in [3.8, 4) is 5.69 Å². The molecule has 0 saturated heterocycles. The van der Waals surface area contributed by atoms with Gasteiger partial charge in [-0.25, -0.2) is 0 Å². The average Bonchev–Trinajstić information content (AvgIpc) is 2.65. The van der Waals surface area contributed by atoms with Crippen LogP contribution < -0.4 is 0 Å². The van der Waals surface area contributed by atoms with Crippen molar-refractivity contribution in [3.63, 3.8) is 0 Å². The van der Waals surface area contributed by atoms with E-state index in [1.807, 2.05) is 32.0 Å². The molecule has 1 aromatic heterocycles. The van der Waals surface area contributed by atoms with Gasteiger partial charge in [0.1, 0.15) is 6.42 Å². The second-order valence-electron chi connectivity index (χ2n) is 3.81. The maximum absolute atomic E-state index is 10.5. The summed E-state index contributed by atoms with van der Waals surface area (Å²) in [4.78, 5) is 11.9. The Labute approximate surface area is 97.9 Å². The molecule has 0 spiro atoms. The highest BCUT2D eigenvalue weighted by molar-refractivity contribution is 5.68. The van der Waals surface area contributed by atoms with Gasteiger partial charge in [-0.2, -0.15) is 0 Å². The van der Waals surface area contributed by atoms with Gasteiger partial charge >= 0.3 is 5.97 Å². The molecule has 0 fully saturated rings. The predicted molar refractivity (Wildman–Crippen MR) is 60.0 cm³/mol. The molecular weight excluding hydrogens is 220 g/mol. The number of aromatic nitrogens is 4. The molecule has 0 radical (unpaired) electrons. The van der Waals surface area contributed by atoms with Crippen LogP contribution in [0.15, 0.2) is 18.2 Å². The molecule has 1 heterocycles. The number of nitrogens with zero attached hydrogens (tertiary/aromatic N) is 4. The molecule has 0 bridgehead atoms. The Morgan fingerprint density at radius 1 is 1.35 bits per heavy atom. The second kappa shape index (κ2) is 4.32. The maximum atomic E-state index is 10.5. The summed E-state index contributed by atoms with van der Waals surface area (Å²) >= 11 is 0. The van der Waals surface area contributed by atoms with Gasteiger partial charge in [0.05, 0.1) is 5.69 Å². The number of hydrogen-bond donors (Lipinski definition) is 1. The van der Waals surface area contributed by atoms with Crippen molar-refractivity contribution < 1.29 is 9.90 Å². The van der Waals surface area contributed by atoms with Gasteiger partial charge in [-0.3, -0.25) is 4.79 Å². The number of rotatable bonds is 3. The number of hydrogen-bond acceptors (Lipinski definition) is 4. The molecular formula is C11H12N4O2. The first-order chi connectivity index (χ1) is 8.08. The van der Waals surface area contributed by atoms with Gasteiger partial charge in [0.25, 0.3) is 0 Å².